The number of fused-ring (bicyclic) bond motifs is 3. The van der Waals surface area contributed by atoms with E-state index in [0.717, 1.165) is 0 Å². The van der Waals surface area contributed by atoms with Crippen molar-refractivity contribution >= 4 is 39.9 Å². The number of anilines is 1. The molecule has 0 fully saturated rings. The number of alkyl halides is 3. The number of ether oxygens (including phenoxy) is 2. The number of nitrogens with two attached hydrogens (primary N) is 1. The molecule has 13 heteroatoms. The number of rotatable bonds is 4. The zero-order chi connectivity index (χ0) is 29.2. The number of amides is 2. The second kappa shape index (κ2) is 9.17. The Balaban J connectivity index is 2.33. The molecule has 4 rings (SSSR count). The first-order chi connectivity index (χ1) is 18.0. The van der Waals surface area contributed by atoms with E-state index in [1.165, 1.54) is 23.3 Å². The Hall–Kier alpha value is -4.29. The van der Waals surface area contributed by atoms with Crippen molar-refractivity contribution in [3.63, 3.8) is 0 Å². The van der Waals surface area contributed by atoms with Gasteiger partial charge < -0.3 is 19.8 Å². The second-order valence-electron chi connectivity index (χ2n) is 10.2. The molecule has 0 radical (unpaired) electrons. The van der Waals surface area contributed by atoms with Gasteiger partial charge in [0, 0.05) is 18.0 Å². The Morgan fingerprint density at radius 1 is 1.08 bits per heavy atom. The zero-order valence-electron chi connectivity index (χ0n) is 22.8. The van der Waals surface area contributed by atoms with Crippen LogP contribution in [-0.4, -0.2) is 43.8 Å². The number of carbonyl (C=O) groups is 2. The SMILES string of the molecule is COc1ccc(C)c(-n2c(NC(=O)OC(C)(C)C)c(C(N)=O)c3c(C(F)(F)F)nc4c(nc(C)n4C)c32)c1C. The lowest BCUT2D eigenvalue weighted by Gasteiger charge is -2.22. The van der Waals surface area contributed by atoms with Crippen LogP contribution in [0.4, 0.5) is 23.8 Å². The number of pyridine rings is 1. The highest BCUT2D eigenvalue weighted by Gasteiger charge is 2.41. The first kappa shape index (κ1) is 27.7. The highest BCUT2D eigenvalue weighted by atomic mass is 19.4. The molecule has 3 aromatic heterocycles. The minimum absolute atomic E-state index is 0.0656. The van der Waals surface area contributed by atoms with Gasteiger partial charge >= 0.3 is 12.3 Å². The molecular formula is C26H29F3N6O4. The number of nitrogens with zero attached hydrogens (tertiary/aromatic N) is 4. The van der Waals surface area contributed by atoms with E-state index in [4.69, 9.17) is 15.2 Å². The lowest BCUT2D eigenvalue weighted by Crippen LogP contribution is -2.29. The molecule has 0 bridgehead atoms. The largest absolute Gasteiger partial charge is 0.496 e. The molecule has 208 valence electrons. The van der Waals surface area contributed by atoms with Crippen LogP contribution in [0.5, 0.6) is 5.75 Å². The summed E-state index contributed by atoms with van der Waals surface area (Å²) in [6, 6.07) is 3.42. The monoisotopic (exact) mass is 546 g/mol. The van der Waals surface area contributed by atoms with Gasteiger partial charge in [0.25, 0.3) is 5.91 Å². The summed E-state index contributed by atoms with van der Waals surface area (Å²) in [6.07, 6.45) is -5.98. The number of nitrogens with one attached hydrogen (secondary N) is 1. The lowest BCUT2D eigenvalue weighted by atomic mass is 10.1. The summed E-state index contributed by atoms with van der Waals surface area (Å²) in [5.74, 6) is -0.705. The molecule has 0 spiro atoms. The molecule has 0 saturated carbocycles. The van der Waals surface area contributed by atoms with Gasteiger partial charge in [-0.25, -0.2) is 14.8 Å². The minimum Gasteiger partial charge on any atom is -0.496 e. The van der Waals surface area contributed by atoms with E-state index in [9.17, 15) is 22.8 Å². The number of hydrogen-bond acceptors (Lipinski definition) is 6. The van der Waals surface area contributed by atoms with Crippen LogP contribution in [-0.2, 0) is 18.0 Å². The van der Waals surface area contributed by atoms with Crippen molar-refractivity contribution in [1.82, 2.24) is 19.1 Å². The zero-order valence-corrected chi connectivity index (χ0v) is 22.8. The van der Waals surface area contributed by atoms with Gasteiger partial charge in [0.2, 0.25) is 0 Å². The number of methoxy groups -OCH3 is 1. The lowest BCUT2D eigenvalue weighted by molar-refractivity contribution is -0.139. The molecule has 0 aliphatic heterocycles. The Morgan fingerprint density at radius 2 is 1.72 bits per heavy atom. The van der Waals surface area contributed by atoms with Crippen LogP contribution in [0.25, 0.3) is 27.8 Å². The molecule has 3 heterocycles. The maximum atomic E-state index is 14.5. The van der Waals surface area contributed by atoms with Crippen LogP contribution < -0.4 is 15.8 Å². The van der Waals surface area contributed by atoms with Crippen molar-refractivity contribution in [3.8, 4) is 11.4 Å². The van der Waals surface area contributed by atoms with Crippen molar-refractivity contribution in [1.29, 1.82) is 0 Å². The number of aryl methyl sites for hydroxylation is 3. The Morgan fingerprint density at radius 3 is 2.26 bits per heavy atom. The Labute approximate surface area is 221 Å². The molecular weight excluding hydrogens is 517 g/mol. The third kappa shape index (κ3) is 4.61. The average Bonchev–Trinajstić information content (AvgIpc) is 3.26. The van der Waals surface area contributed by atoms with Crippen molar-refractivity contribution < 1.29 is 32.2 Å². The molecule has 4 aromatic rings. The van der Waals surface area contributed by atoms with Gasteiger partial charge in [-0.05, 0) is 53.2 Å². The summed E-state index contributed by atoms with van der Waals surface area (Å²) in [5, 5.41) is 1.90. The number of hydrogen-bond donors (Lipinski definition) is 2. The Kier molecular flexibility index (Phi) is 6.52. The molecule has 0 saturated heterocycles. The summed E-state index contributed by atoms with van der Waals surface area (Å²) < 4.78 is 57.3. The molecule has 0 unspecified atom stereocenters. The van der Waals surface area contributed by atoms with Crippen molar-refractivity contribution in [3.05, 3.63) is 40.3 Å². The topological polar surface area (TPSA) is 126 Å². The normalized spacial score (nSPS) is 12.3. The number of primary amides is 1. The van der Waals surface area contributed by atoms with Gasteiger partial charge in [0.1, 0.15) is 28.5 Å². The number of aromatic nitrogens is 4. The summed E-state index contributed by atoms with van der Waals surface area (Å²) in [6.45, 7) is 9.94. The maximum Gasteiger partial charge on any atom is 0.434 e. The highest BCUT2D eigenvalue weighted by Crippen LogP contribution is 2.45. The first-order valence-corrected chi connectivity index (χ1v) is 11.9. The number of imidazole rings is 1. The van der Waals surface area contributed by atoms with E-state index in [1.54, 1.807) is 53.7 Å². The van der Waals surface area contributed by atoms with Gasteiger partial charge in [0.15, 0.2) is 11.3 Å². The quantitative estimate of drug-likeness (QED) is 0.357. The van der Waals surface area contributed by atoms with E-state index in [2.05, 4.69) is 15.3 Å². The number of benzene rings is 1. The fraction of sp³-hybridized carbons (Fsp3) is 0.385. The molecule has 0 aliphatic carbocycles. The van der Waals surface area contributed by atoms with Crippen LogP contribution in [0.3, 0.4) is 0 Å². The van der Waals surface area contributed by atoms with E-state index in [1.807, 2.05) is 0 Å². The summed E-state index contributed by atoms with van der Waals surface area (Å²) in [4.78, 5) is 34.3. The standard InChI is InChI=1S/C26H29F3N6O4/c1-11-9-10-14(38-8)12(2)18(11)35-19-15(16(21(30)36)22(35)33-24(37)39-25(4,5)6)20(26(27,28)29)32-23-17(19)31-13(3)34(23)7/h9-10H,1-8H3,(H2,30,36)(H,33,37). The van der Waals surface area contributed by atoms with Gasteiger partial charge in [-0.2, -0.15) is 13.2 Å². The van der Waals surface area contributed by atoms with Crippen LogP contribution in [0.15, 0.2) is 12.1 Å². The predicted octanol–water partition coefficient (Wildman–Crippen LogP) is 5.31. The van der Waals surface area contributed by atoms with Gasteiger partial charge in [0.05, 0.1) is 23.9 Å². The third-order valence-corrected chi connectivity index (χ3v) is 6.30. The van der Waals surface area contributed by atoms with E-state index in [-0.39, 0.29) is 22.5 Å². The van der Waals surface area contributed by atoms with E-state index < -0.39 is 40.4 Å². The number of carbonyl (C=O) groups excluding carboxylic acids is 2. The first-order valence-electron chi connectivity index (χ1n) is 11.9. The van der Waals surface area contributed by atoms with Crippen LogP contribution in [0.1, 0.15) is 53.8 Å². The molecule has 0 atom stereocenters. The molecule has 10 nitrogen and oxygen atoms in total. The van der Waals surface area contributed by atoms with E-state index >= 15 is 0 Å². The van der Waals surface area contributed by atoms with Crippen molar-refractivity contribution in [2.75, 3.05) is 12.4 Å². The fourth-order valence-corrected chi connectivity index (χ4v) is 4.64. The molecule has 39 heavy (non-hydrogen) atoms. The van der Waals surface area contributed by atoms with Gasteiger partial charge in [-0.3, -0.25) is 14.7 Å². The van der Waals surface area contributed by atoms with Gasteiger partial charge in [-0.1, -0.05) is 6.07 Å². The second-order valence-corrected chi connectivity index (χ2v) is 10.2. The molecule has 1 aromatic carbocycles. The van der Waals surface area contributed by atoms with Crippen LogP contribution in [0.2, 0.25) is 0 Å². The highest BCUT2D eigenvalue weighted by molar-refractivity contribution is 6.19. The van der Waals surface area contributed by atoms with Gasteiger partial charge in [-0.15, -0.1) is 0 Å². The predicted molar refractivity (Wildman–Crippen MR) is 139 cm³/mol. The summed E-state index contributed by atoms with van der Waals surface area (Å²) in [5.41, 5.74) is 4.26. The summed E-state index contributed by atoms with van der Waals surface area (Å²) in [7, 11) is 2.99. The average molecular weight is 547 g/mol. The Bertz CT molecular complexity index is 1660. The van der Waals surface area contributed by atoms with E-state index in [0.29, 0.717) is 28.4 Å². The van der Waals surface area contributed by atoms with Crippen LogP contribution >= 0.6 is 0 Å². The molecule has 2 amide bonds. The molecule has 0 aliphatic rings. The smallest absolute Gasteiger partial charge is 0.434 e. The van der Waals surface area contributed by atoms with Crippen LogP contribution in [0, 0.1) is 20.8 Å². The number of halogens is 3. The summed E-state index contributed by atoms with van der Waals surface area (Å²) >= 11 is 0. The third-order valence-electron chi connectivity index (χ3n) is 6.30. The van der Waals surface area contributed by atoms with Crippen molar-refractivity contribution in [2.45, 2.75) is 53.3 Å². The maximum absolute atomic E-state index is 14.5. The minimum atomic E-state index is -4.98. The van der Waals surface area contributed by atoms with Crippen molar-refractivity contribution in [2.24, 2.45) is 12.8 Å². The molecule has 3 N–H and O–H groups in total. The fourth-order valence-electron chi connectivity index (χ4n) is 4.64.